The van der Waals surface area contributed by atoms with E-state index in [1.165, 1.54) is 16.0 Å². The molecule has 4 heteroatoms. The molecular formula is C16H17ClN2S. The maximum absolute atomic E-state index is 5.92. The fourth-order valence-electron chi connectivity index (χ4n) is 2.54. The SMILES string of the molecule is Cc1cccc2c1nc(CCCl)n2CCc1cccs1. The molecule has 0 saturated carbocycles. The molecule has 0 unspecified atom stereocenters. The summed E-state index contributed by atoms with van der Waals surface area (Å²) in [6, 6.07) is 10.7. The molecule has 0 aliphatic heterocycles. The largest absolute Gasteiger partial charge is 0.328 e. The van der Waals surface area contributed by atoms with E-state index in [9.17, 15) is 0 Å². The zero-order chi connectivity index (χ0) is 13.9. The Morgan fingerprint density at radius 3 is 2.85 bits per heavy atom. The summed E-state index contributed by atoms with van der Waals surface area (Å²) in [4.78, 5) is 6.20. The van der Waals surface area contributed by atoms with Crippen molar-refractivity contribution in [3.8, 4) is 0 Å². The highest BCUT2D eigenvalue weighted by Gasteiger charge is 2.11. The Labute approximate surface area is 128 Å². The van der Waals surface area contributed by atoms with Crippen molar-refractivity contribution in [1.29, 1.82) is 0 Å². The van der Waals surface area contributed by atoms with Crippen LogP contribution in [0.3, 0.4) is 0 Å². The van der Waals surface area contributed by atoms with Crippen molar-refractivity contribution in [2.45, 2.75) is 26.3 Å². The van der Waals surface area contributed by atoms with Gasteiger partial charge in [-0.3, -0.25) is 0 Å². The number of hydrogen-bond donors (Lipinski definition) is 0. The normalized spacial score (nSPS) is 11.3. The fraction of sp³-hybridized carbons (Fsp3) is 0.312. The quantitative estimate of drug-likeness (QED) is 0.638. The van der Waals surface area contributed by atoms with Crippen LogP contribution in [0.4, 0.5) is 0 Å². The summed E-state index contributed by atoms with van der Waals surface area (Å²) in [6.07, 6.45) is 1.87. The standard InChI is InChI=1S/C16H17ClN2S/c1-12-4-2-6-14-16(12)18-15(7-9-17)19(14)10-8-13-5-3-11-20-13/h2-6,11H,7-10H2,1H3. The number of halogens is 1. The summed E-state index contributed by atoms with van der Waals surface area (Å²) in [6.45, 7) is 3.08. The second-order valence-electron chi connectivity index (χ2n) is 4.89. The first kappa shape index (κ1) is 13.7. The van der Waals surface area contributed by atoms with Gasteiger partial charge in [0, 0.05) is 23.7 Å². The Kier molecular flexibility index (Phi) is 4.08. The number of hydrogen-bond acceptors (Lipinski definition) is 2. The number of rotatable bonds is 5. The first-order valence-electron chi connectivity index (χ1n) is 6.82. The van der Waals surface area contributed by atoms with Gasteiger partial charge in [-0.15, -0.1) is 22.9 Å². The number of benzene rings is 1. The van der Waals surface area contributed by atoms with Crippen LogP contribution in [-0.4, -0.2) is 15.4 Å². The van der Waals surface area contributed by atoms with Crippen molar-refractivity contribution in [3.05, 3.63) is 52.0 Å². The second kappa shape index (κ2) is 5.98. The third-order valence-corrected chi connectivity index (χ3v) is 4.66. The molecule has 0 N–H and O–H groups in total. The van der Waals surface area contributed by atoms with Crippen LogP contribution in [0.25, 0.3) is 11.0 Å². The summed E-state index contributed by atoms with van der Waals surface area (Å²) in [7, 11) is 0. The molecule has 0 amide bonds. The molecule has 3 rings (SSSR count). The number of para-hydroxylation sites is 1. The Morgan fingerprint density at radius 1 is 1.20 bits per heavy atom. The van der Waals surface area contributed by atoms with Crippen LogP contribution in [0.15, 0.2) is 35.7 Å². The van der Waals surface area contributed by atoms with E-state index in [2.05, 4.69) is 47.2 Å². The third-order valence-electron chi connectivity index (χ3n) is 3.54. The number of imidazole rings is 1. The molecule has 1 aromatic carbocycles. The Balaban J connectivity index is 1.98. The first-order chi connectivity index (χ1) is 9.79. The van der Waals surface area contributed by atoms with Crippen LogP contribution in [0.1, 0.15) is 16.3 Å². The van der Waals surface area contributed by atoms with E-state index in [0.717, 1.165) is 30.7 Å². The van der Waals surface area contributed by atoms with E-state index in [1.807, 2.05) is 11.3 Å². The highest BCUT2D eigenvalue weighted by atomic mass is 35.5. The van der Waals surface area contributed by atoms with Crippen LogP contribution in [0.2, 0.25) is 0 Å². The lowest BCUT2D eigenvalue weighted by Crippen LogP contribution is -2.06. The molecule has 20 heavy (non-hydrogen) atoms. The number of aromatic nitrogens is 2. The molecule has 0 aliphatic carbocycles. The smallest absolute Gasteiger partial charge is 0.111 e. The number of thiophene rings is 1. The Bertz CT molecular complexity index is 701. The monoisotopic (exact) mass is 304 g/mol. The van der Waals surface area contributed by atoms with Crippen molar-refractivity contribution in [1.82, 2.24) is 9.55 Å². The molecule has 2 heterocycles. The number of nitrogens with zero attached hydrogens (tertiary/aromatic N) is 2. The van der Waals surface area contributed by atoms with E-state index >= 15 is 0 Å². The highest BCUT2D eigenvalue weighted by molar-refractivity contribution is 7.09. The molecule has 2 nitrogen and oxygen atoms in total. The first-order valence-corrected chi connectivity index (χ1v) is 8.24. The topological polar surface area (TPSA) is 17.8 Å². The number of aryl methyl sites for hydroxylation is 4. The molecule has 104 valence electrons. The molecule has 0 aliphatic rings. The lowest BCUT2D eigenvalue weighted by Gasteiger charge is -2.07. The molecule has 2 aromatic heterocycles. The summed E-state index contributed by atoms with van der Waals surface area (Å²) in [5.41, 5.74) is 3.56. The van der Waals surface area contributed by atoms with Crippen LogP contribution < -0.4 is 0 Å². The minimum Gasteiger partial charge on any atom is -0.328 e. The average molecular weight is 305 g/mol. The second-order valence-corrected chi connectivity index (χ2v) is 6.30. The van der Waals surface area contributed by atoms with Crippen LogP contribution in [0.5, 0.6) is 0 Å². The summed E-state index contributed by atoms with van der Waals surface area (Å²) < 4.78 is 2.32. The van der Waals surface area contributed by atoms with Crippen molar-refractivity contribution >= 4 is 34.0 Å². The van der Waals surface area contributed by atoms with Crippen LogP contribution >= 0.6 is 22.9 Å². The lowest BCUT2D eigenvalue weighted by atomic mass is 10.2. The third kappa shape index (κ3) is 2.60. The molecule has 0 saturated heterocycles. The summed E-state index contributed by atoms with van der Waals surface area (Å²) >= 11 is 7.74. The molecular weight excluding hydrogens is 288 g/mol. The predicted octanol–water partition coefficient (Wildman–Crippen LogP) is 4.43. The van der Waals surface area contributed by atoms with Gasteiger partial charge in [-0.2, -0.15) is 0 Å². The average Bonchev–Trinajstić information content (AvgIpc) is 3.05. The number of alkyl halides is 1. The number of fused-ring (bicyclic) bond motifs is 1. The zero-order valence-corrected chi connectivity index (χ0v) is 13.0. The highest BCUT2D eigenvalue weighted by Crippen LogP contribution is 2.21. The van der Waals surface area contributed by atoms with Crippen molar-refractivity contribution in [2.75, 3.05) is 5.88 Å². The Hall–Kier alpha value is -1.32. The molecule has 0 radical (unpaired) electrons. The van der Waals surface area contributed by atoms with Gasteiger partial charge in [-0.1, -0.05) is 18.2 Å². The van der Waals surface area contributed by atoms with E-state index in [4.69, 9.17) is 16.6 Å². The minimum atomic E-state index is 0.612. The van der Waals surface area contributed by atoms with Crippen LogP contribution in [-0.2, 0) is 19.4 Å². The maximum atomic E-state index is 5.92. The Morgan fingerprint density at radius 2 is 2.10 bits per heavy atom. The van der Waals surface area contributed by atoms with Crippen molar-refractivity contribution < 1.29 is 0 Å². The molecule has 0 spiro atoms. The fourth-order valence-corrected chi connectivity index (χ4v) is 3.40. The van der Waals surface area contributed by atoms with Crippen molar-refractivity contribution in [2.24, 2.45) is 0 Å². The van der Waals surface area contributed by atoms with Gasteiger partial charge in [0.15, 0.2) is 0 Å². The summed E-state index contributed by atoms with van der Waals surface area (Å²) in [5.74, 6) is 1.71. The van der Waals surface area contributed by atoms with Gasteiger partial charge < -0.3 is 4.57 Å². The van der Waals surface area contributed by atoms with Gasteiger partial charge in [-0.05, 0) is 36.4 Å². The van der Waals surface area contributed by atoms with Gasteiger partial charge in [0.1, 0.15) is 5.82 Å². The van der Waals surface area contributed by atoms with Crippen LogP contribution in [0, 0.1) is 6.92 Å². The van der Waals surface area contributed by atoms with Gasteiger partial charge >= 0.3 is 0 Å². The van der Waals surface area contributed by atoms with E-state index < -0.39 is 0 Å². The van der Waals surface area contributed by atoms with Gasteiger partial charge in [0.05, 0.1) is 11.0 Å². The molecule has 0 bridgehead atoms. The van der Waals surface area contributed by atoms with E-state index in [1.54, 1.807) is 0 Å². The lowest BCUT2D eigenvalue weighted by molar-refractivity contribution is 0.679. The summed E-state index contributed by atoms with van der Waals surface area (Å²) in [5, 5.41) is 2.13. The molecule has 3 aromatic rings. The van der Waals surface area contributed by atoms with E-state index in [-0.39, 0.29) is 0 Å². The van der Waals surface area contributed by atoms with Crippen molar-refractivity contribution in [3.63, 3.8) is 0 Å². The van der Waals surface area contributed by atoms with Gasteiger partial charge in [0.25, 0.3) is 0 Å². The predicted molar refractivity (Wildman–Crippen MR) is 86.9 cm³/mol. The van der Waals surface area contributed by atoms with Gasteiger partial charge in [0.2, 0.25) is 0 Å². The molecule has 0 atom stereocenters. The zero-order valence-electron chi connectivity index (χ0n) is 11.5. The van der Waals surface area contributed by atoms with E-state index in [0.29, 0.717) is 5.88 Å². The minimum absolute atomic E-state index is 0.612. The van der Waals surface area contributed by atoms with Gasteiger partial charge in [-0.25, -0.2) is 4.98 Å². The molecule has 0 fully saturated rings. The maximum Gasteiger partial charge on any atom is 0.111 e.